The quantitative estimate of drug-likeness (QED) is 0.713. The summed E-state index contributed by atoms with van der Waals surface area (Å²) in [6.45, 7) is 5.87. The summed E-state index contributed by atoms with van der Waals surface area (Å²) < 4.78 is 6.44. The lowest BCUT2D eigenvalue weighted by molar-refractivity contribution is -0.125. The molecule has 0 fully saturated rings. The second-order valence-electron chi connectivity index (χ2n) is 6.29. The fourth-order valence-electron chi connectivity index (χ4n) is 2.37. The van der Waals surface area contributed by atoms with Crippen LogP contribution in [0.1, 0.15) is 30.9 Å². The normalized spacial score (nSPS) is 10.5. The van der Waals surface area contributed by atoms with Gasteiger partial charge in [-0.05, 0) is 58.1 Å². The lowest BCUT2D eigenvalue weighted by atomic mass is 10.0. The molecule has 0 heterocycles. The van der Waals surface area contributed by atoms with Crippen molar-refractivity contribution in [2.45, 2.75) is 26.7 Å². The minimum Gasteiger partial charge on any atom is -0.483 e. The largest absolute Gasteiger partial charge is 0.483 e. The standard InChI is InChI=1S/C20H23BrN2O3/c1-13(2)15-9-8-14(3)10-18(15)26-12-20(25)22-11-19(24)23-17-7-5-4-6-16(17)21/h4-10,13H,11-12H2,1-3H3,(H,22,25)(H,23,24). The van der Waals surface area contributed by atoms with Gasteiger partial charge < -0.3 is 15.4 Å². The lowest BCUT2D eigenvalue weighted by Crippen LogP contribution is -2.35. The SMILES string of the molecule is Cc1ccc(C(C)C)c(OCC(=O)NCC(=O)Nc2ccccc2Br)c1. The van der Waals surface area contributed by atoms with Crippen molar-refractivity contribution in [2.75, 3.05) is 18.5 Å². The minimum atomic E-state index is -0.344. The molecule has 0 aliphatic heterocycles. The number of halogens is 1. The van der Waals surface area contributed by atoms with Crippen molar-refractivity contribution in [2.24, 2.45) is 0 Å². The van der Waals surface area contributed by atoms with Crippen molar-refractivity contribution in [1.29, 1.82) is 0 Å². The molecule has 2 rings (SSSR count). The second-order valence-corrected chi connectivity index (χ2v) is 7.14. The first kappa shape index (κ1) is 20.0. The summed E-state index contributed by atoms with van der Waals surface area (Å²) in [5, 5.41) is 5.29. The van der Waals surface area contributed by atoms with Crippen molar-refractivity contribution in [3.8, 4) is 5.75 Å². The number of hydrogen-bond acceptors (Lipinski definition) is 3. The number of rotatable bonds is 7. The monoisotopic (exact) mass is 418 g/mol. The molecule has 0 bridgehead atoms. The van der Waals surface area contributed by atoms with Crippen LogP contribution in [-0.4, -0.2) is 25.0 Å². The van der Waals surface area contributed by atoms with Crippen LogP contribution < -0.4 is 15.4 Å². The van der Waals surface area contributed by atoms with E-state index in [1.54, 1.807) is 6.07 Å². The molecule has 0 spiro atoms. The Morgan fingerprint density at radius 3 is 2.54 bits per heavy atom. The van der Waals surface area contributed by atoms with Crippen molar-refractivity contribution < 1.29 is 14.3 Å². The van der Waals surface area contributed by atoms with Crippen molar-refractivity contribution in [3.63, 3.8) is 0 Å². The zero-order valence-corrected chi connectivity index (χ0v) is 16.7. The molecule has 26 heavy (non-hydrogen) atoms. The Hall–Kier alpha value is -2.34. The third-order valence-corrected chi connectivity index (χ3v) is 4.44. The van der Waals surface area contributed by atoms with E-state index in [-0.39, 0.29) is 25.0 Å². The predicted octanol–water partition coefficient (Wildman–Crippen LogP) is 4.01. The first-order chi connectivity index (χ1) is 12.4. The van der Waals surface area contributed by atoms with Crippen LogP contribution in [0, 0.1) is 6.92 Å². The van der Waals surface area contributed by atoms with E-state index in [0.29, 0.717) is 17.4 Å². The summed E-state index contributed by atoms with van der Waals surface area (Å²) in [6, 6.07) is 13.2. The Bertz CT molecular complexity index is 790. The number of nitrogens with one attached hydrogen (secondary N) is 2. The molecule has 0 unspecified atom stereocenters. The minimum absolute atomic E-state index is 0.117. The molecule has 5 nitrogen and oxygen atoms in total. The first-order valence-electron chi connectivity index (χ1n) is 8.41. The highest BCUT2D eigenvalue weighted by molar-refractivity contribution is 9.10. The third-order valence-electron chi connectivity index (χ3n) is 3.74. The smallest absolute Gasteiger partial charge is 0.258 e. The van der Waals surface area contributed by atoms with E-state index in [1.165, 1.54) is 0 Å². The maximum Gasteiger partial charge on any atom is 0.258 e. The van der Waals surface area contributed by atoms with Gasteiger partial charge in [0.2, 0.25) is 5.91 Å². The van der Waals surface area contributed by atoms with E-state index in [9.17, 15) is 9.59 Å². The molecule has 6 heteroatoms. The molecular formula is C20H23BrN2O3. The molecule has 0 aliphatic carbocycles. The maximum atomic E-state index is 12.0. The molecule has 0 radical (unpaired) electrons. The Balaban J connectivity index is 1.83. The molecular weight excluding hydrogens is 396 g/mol. The third kappa shape index (κ3) is 5.88. The van der Waals surface area contributed by atoms with Gasteiger partial charge in [-0.1, -0.05) is 38.1 Å². The highest BCUT2D eigenvalue weighted by Crippen LogP contribution is 2.27. The van der Waals surface area contributed by atoms with E-state index < -0.39 is 0 Å². The van der Waals surface area contributed by atoms with Crippen LogP contribution in [0.25, 0.3) is 0 Å². The van der Waals surface area contributed by atoms with Crippen LogP contribution >= 0.6 is 15.9 Å². The van der Waals surface area contributed by atoms with Crippen molar-refractivity contribution in [3.05, 3.63) is 58.1 Å². The fourth-order valence-corrected chi connectivity index (χ4v) is 2.76. The average molecular weight is 419 g/mol. The van der Waals surface area contributed by atoms with E-state index in [4.69, 9.17) is 4.74 Å². The van der Waals surface area contributed by atoms with Gasteiger partial charge in [0.1, 0.15) is 5.75 Å². The Morgan fingerprint density at radius 2 is 1.85 bits per heavy atom. The van der Waals surface area contributed by atoms with Gasteiger partial charge in [-0.25, -0.2) is 0 Å². The van der Waals surface area contributed by atoms with Crippen LogP contribution in [0.15, 0.2) is 46.9 Å². The molecule has 2 N–H and O–H groups in total. The van der Waals surface area contributed by atoms with Gasteiger partial charge in [-0.3, -0.25) is 9.59 Å². The summed E-state index contributed by atoms with van der Waals surface area (Å²) in [6.07, 6.45) is 0. The van der Waals surface area contributed by atoms with Gasteiger partial charge >= 0.3 is 0 Å². The average Bonchev–Trinajstić information content (AvgIpc) is 2.60. The zero-order chi connectivity index (χ0) is 19.1. The van der Waals surface area contributed by atoms with E-state index in [2.05, 4.69) is 40.4 Å². The number of anilines is 1. The molecule has 2 amide bonds. The molecule has 0 saturated heterocycles. The summed E-state index contributed by atoms with van der Waals surface area (Å²) in [4.78, 5) is 23.9. The molecule has 0 saturated carbocycles. The lowest BCUT2D eigenvalue weighted by Gasteiger charge is -2.15. The molecule has 0 aliphatic rings. The molecule has 0 atom stereocenters. The van der Waals surface area contributed by atoms with Gasteiger partial charge in [0, 0.05) is 4.47 Å². The molecule has 0 aromatic heterocycles. The van der Waals surface area contributed by atoms with Gasteiger partial charge in [-0.2, -0.15) is 0 Å². The molecule has 2 aromatic rings. The molecule has 2 aromatic carbocycles. The number of carbonyl (C=O) groups excluding carboxylic acids is 2. The number of carbonyl (C=O) groups is 2. The van der Waals surface area contributed by atoms with E-state index in [0.717, 1.165) is 15.6 Å². The number of amides is 2. The van der Waals surface area contributed by atoms with Gasteiger partial charge in [-0.15, -0.1) is 0 Å². The summed E-state index contributed by atoms with van der Waals surface area (Å²) in [7, 11) is 0. The topological polar surface area (TPSA) is 67.4 Å². The number of para-hydroxylation sites is 1. The Morgan fingerprint density at radius 1 is 1.12 bits per heavy atom. The number of benzene rings is 2. The summed E-state index contributed by atoms with van der Waals surface area (Å²) in [5.74, 6) is 0.351. The first-order valence-corrected chi connectivity index (χ1v) is 9.20. The van der Waals surface area contributed by atoms with Gasteiger partial charge in [0.05, 0.1) is 12.2 Å². The highest BCUT2D eigenvalue weighted by Gasteiger charge is 2.11. The predicted molar refractivity (Wildman–Crippen MR) is 107 cm³/mol. The van der Waals surface area contributed by atoms with Crippen LogP contribution in [0.3, 0.4) is 0 Å². The van der Waals surface area contributed by atoms with Crippen LogP contribution in [-0.2, 0) is 9.59 Å². The Kier molecular flexibility index (Phi) is 7.21. The zero-order valence-electron chi connectivity index (χ0n) is 15.1. The highest BCUT2D eigenvalue weighted by atomic mass is 79.9. The fraction of sp³-hybridized carbons (Fsp3) is 0.300. The number of ether oxygens (including phenoxy) is 1. The van der Waals surface area contributed by atoms with E-state index in [1.807, 2.05) is 43.3 Å². The van der Waals surface area contributed by atoms with Gasteiger partial charge in [0.25, 0.3) is 5.91 Å². The number of hydrogen-bond donors (Lipinski definition) is 2. The van der Waals surface area contributed by atoms with Crippen LogP contribution in [0.4, 0.5) is 5.69 Å². The molecule has 138 valence electrons. The Labute approximate surface area is 162 Å². The van der Waals surface area contributed by atoms with Crippen LogP contribution in [0.5, 0.6) is 5.75 Å². The van der Waals surface area contributed by atoms with Gasteiger partial charge in [0.15, 0.2) is 6.61 Å². The summed E-state index contributed by atoms with van der Waals surface area (Å²) in [5.41, 5.74) is 2.78. The summed E-state index contributed by atoms with van der Waals surface area (Å²) >= 11 is 3.36. The second kappa shape index (κ2) is 9.38. The van der Waals surface area contributed by atoms with Crippen LogP contribution in [0.2, 0.25) is 0 Å². The maximum absolute atomic E-state index is 12.0. The number of aryl methyl sites for hydroxylation is 1. The van der Waals surface area contributed by atoms with Crippen molar-refractivity contribution in [1.82, 2.24) is 5.32 Å². The van der Waals surface area contributed by atoms with Crippen molar-refractivity contribution >= 4 is 33.4 Å². The van der Waals surface area contributed by atoms with E-state index >= 15 is 0 Å².